The SMILES string of the molecule is CCN(C(=O)c1cnccn1)[C@@H]1CCN([C@H](C)c2ccccc2)C1. The van der Waals surface area contributed by atoms with E-state index in [2.05, 4.69) is 46.1 Å². The molecule has 24 heavy (non-hydrogen) atoms. The molecule has 0 bridgehead atoms. The monoisotopic (exact) mass is 324 g/mol. The summed E-state index contributed by atoms with van der Waals surface area (Å²) in [7, 11) is 0. The first-order chi connectivity index (χ1) is 11.7. The standard InChI is InChI=1S/C19H24N4O/c1-3-23(19(24)18-13-20-10-11-21-18)17-9-12-22(14-17)15(2)16-7-5-4-6-8-16/h4-8,10-11,13,15,17H,3,9,12,14H2,1-2H3/t15-,17-/m1/s1. The second-order valence-corrected chi connectivity index (χ2v) is 6.21. The zero-order valence-corrected chi connectivity index (χ0v) is 14.3. The second-order valence-electron chi connectivity index (χ2n) is 6.21. The summed E-state index contributed by atoms with van der Waals surface area (Å²) in [5.41, 5.74) is 1.75. The number of nitrogens with zero attached hydrogens (tertiary/aromatic N) is 4. The van der Waals surface area contributed by atoms with Gasteiger partial charge in [-0.15, -0.1) is 0 Å². The van der Waals surface area contributed by atoms with E-state index in [1.54, 1.807) is 18.6 Å². The third kappa shape index (κ3) is 3.46. The Hall–Kier alpha value is -2.27. The number of aromatic nitrogens is 2. The number of likely N-dealkylation sites (N-methyl/N-ethyl adjacent to an activating group) is 1. The smallest absolute Gasteiger partial charge is 0.274 e. The molecule has 1 aliphatic rings. The second kappa shape index (κ2) is 7.53. The first kappa shape index (κ1) is 16.6. The van der Waals surface area contributed by atoms with E-state index in [-0.39, 0.29) is 11.9 Å². The van der Waals surface area contributed by atoms with Crippen molar-refractivity contribution in [1.29, 1.82) is 0 Å². The Kier molecular flexibility index (Phi) is 5.20. The van der Waals surface area contributed by atoms with E-state index >= 15 is 0 Å². The number of benzene rings is 1. The van der Waals surface area contributed by atoms with Gasteiger partial charge in [0.05, 0.1) is 6.20 Å². The van der Waals surface area contributed by atoms with Crippen molar-refractivity contribution in [2.45, 2.75) is 32.4 Å². The van der Waals surface area contributed by atoms with Crippen LogP contribution in [0.2, 0.25) is 0 Å². The Labute approximate surface area is 143 Å². The van der Waals surface area contributed by atoms with Gasteiger partial charge >= 0.3 is 0 Å². The summed E-state index contributed by atoms with van der Waals surface area (Å²) in [6.45, 7) is 6.85. The fourth-order valence-electron chi connectivity index (χ4n) is 3.44. The lowest BCUT2D eigenvalue weighted by Gasteiger charge is -2.29. The largest absolute Gasteiger partial charge is 0.333 e. The highest BCUT2D eigenvalue weighted by Gasteiger charge is 2.33. The van der Waals surface area contributed by atoms with Gasteiger partial charge < -0.3 is 4.90 Å². The Balaban J connectivity index is 1.68. The molecular formula is C19H24N4O. The van der Waals surface area contributed by atoms with Crippen LogP contribution in [0.4, 0.5) is 0 Å². The molecule has 1 aromatic heterocycles. The lowest BCUT2D eigenvalue weighted by atomic mass is 10.1. The van der Waals surface area contributed by atoms with Crippen LogP contribution in [0.25, 0.3) is 0 Å². The number of hydrogen-bond donors (Lipinski definition) is 0. The molecule has 0 spiro atoms. The summed E-state index contributed by atoms with van der Waals surface area (Å²) in [5, 5.41) is 0. The van der Waals surface area contributed by atoms with Gasteiger partial charge in [-0.3, -0.25) is 14.7 Å². The predicted octanol–water partition coefficient (Wildman–Crippen LogP) is 2.77. The summed E-state index contributed by atoms with van der Waals surface area (Å²) in [5.74, 6) is -0.0233. The van der Waals surface area contributed by atoms with Gasteiger partial charge in [0.25, 0.3) is 5.91 Å². The zero-order chi connectivity index (χ0) is 16.9. The Morgan fingerprint density at radius 1 is 1.33 bits per heavy atom. The molecule has 5 heteroatoms. The van der Waals surface area contributed by atoms with Crippen LogP contribution in [0.15, 0.2) is 48.9 Å². The van der Waals surface area contributed by atoms with Gasteiger partial charge in [-0.25, -0.2) is 4.98 Å². The quantitative estimate of drug-likeness (QED) is 0.848. The Bertz CT molecular complexity index is 662. The molecule has 0 saturated carbocycles. The molecule has 3 rings (SSSR count). The van der Waals surface area contributed by atoms with Crippen LogP contribution >= 0.6 is 0 Å². The van der Waals surface area contributed by atoms with Crippen LogP contribution in [-0.2, 0) is 0 Å². The van der Waals surface area contributed by atoms with Gasteiger partial charge in [-0.2, -0.15) is 0 Å². The van der Waals surface area contributed by atoms with Crippen molar-refractivity contribution >= 4 is 5.91 Å². The van der Waals surface area contributed by atoms with Crippen molar-refractivity contribution in [3.8, 4) is 0 Å². The fourth-order valence-corrected chi connectivity index (χ4v) is 3.44. The molecule has 0 aliphatic carbocycles. The van der Waals surface area contributed by atoms with Crippen LogP contribution < -0.4 is 0 Å². The molecular weight excluding hydrogens is 300 g/mol. The molecule has 1 amide bonds. The van der Waals surface area contributed by atoms with Gasteiger partial charge in [0, 0.05) is 44.1 Å². The van der Waals surface area contributed by atoms with Gasteiger partial charge in [0.1, 0.15) is 5.69 Å². The van der Waals surface area contributed by atoms with E-state index in [0.717, 1.165) is 19.5 Å². The third-order valence-corrected chi connectivity index (χ3v) is 4.85. The van der Waals surface area contributed by atoms with Gasteiger partial charge in [0.15, 0.2) is 0 Å². The highest BCUT2D eigenvalue weighted by molar-refractivity contribution is 5.92. The molecule has 1 fully saturated rings. The van der Waals surface area contributed by atoms with Crippen LogP contribution in [-0.4, -0.2) is 51.4 Å². The Morgan fingerprint density at radius 2 is 2.12 bits per heavy atom. The van der Waals surface area contributed by atoms with Crippen LogP contribution in [0, 0.1) is 0 Å². The number of rotatable bonds is 5. The van der Waals surface area contributed by atoms with Crippen molar-refractivity contribution < 1.29 is 4.79 Å². The van der Waals surface area contributed by atoms with E-state index in [1.807, 2.05) is 17.9 Å². The van der Waals surface area contributed by atoms with E-state index in [0.29, 0.717) is 18.3 Å². The summed E-state index contributed by atoms with van der Waals surface area (Å²) in [6, 6.07) is 11.1. The van der Waals surface area contributed by atoms with Gasteiger partial charge in [0.2, 0.25) is 0 Å². The van der Waals surface area contributed by atoms with E-state index in [4.69, 9.17) is 0 Å². The number of amides is 1. The van der Waals surface area contributed by atoms with Crippen LogP contribution in [0.5, 0.6) is 0 Å². The molecule has 2 heterocycles. The number of likely N-dealkylation sites (tertiary alicyclic amines) is 1. The number of carbonyl (C=O) groups excluding carboxylic acids is 1. The lowest BCUT2D eigenvalue weighted by molar-refractivity contribution is 0.0683. The normalized spacial score (nSPS) is 19.2. The molecule has 1 aliphatic heterocycles. The average molecular weight is 324 g/mol. The molecule has 2 atom stereocenters. The minimum absolute atomic E-state index is 0.0233. The number of carbonyl (C=O) groups is 1. The first-order valence-corrected chi connectivity index (χ1v) is 8.56. The topological polar surface area (TPSA) is 49.3 Å². The third-order valence-electron chi connectivity index (χ3n) is 4.85. The molecule has 126 valence electrons. The van der Waals surface area contributed by atoms with Crippen molar-refractivity contribution in [2.24, 2.45) is 0 Å². The molecule has 1 aromatic carbocycles. The predicted molar refractivity (Wildman–Crippen MR) is 93.6 cm³/mol. The average Bonchev–Trinajstić information content (AvgIpc) is 3.13. The summed E-state index contributed by atoms with van der Waals surface area (Å²) in [4.78, 5) is 25.3. The zero-order valence-electron chi connectivity index (χ0n) is 14.3. The van der Waals surface area contributed by atoms with Crippen molar-refractivity contribution in [3.05, 3.63) is 60.2 Å². The molecule has 1 saturated heterocycles. The molecule has 0 radical (unpaired) electrons. The summed E-state index contributed by atoms with van der Waals surface area (Å²) in [6.07, 6.45) is 5.70. The first-order valence-electron chi connectivity index (χ1n) is 8.56. The highest BCUT2D eigenvalue weighted by atomic mass is 16.2. The minimum atomic E-state index is -0.0233. The van der Waals surface area contributed by atoms with E-state index in [9.17, 15) is 4.79 Å². The van der Waals surface area contributed by atoms with E-state index < -0.39 is 0 Å². The maximum atomic E-state index is 12.7. The van der Waals surface area contributed by atoms with Crippen molar-refractivity contribution in [2.75, 3.05) is 19.6 Å². The maximum Gasteiger partial charge on any atom is 0.274 e. The summed E-state index contributed by atoms with van der Waals surface area (Å²) >= 11 is 0. The molecule has 0 N–H and O–H groups in total. The number of hydrogen-bond acceptors (Lipinski definition) is 4. The van der Waals surface area contributed by atoms with E-state index in [1.165, 1.54) is 5.56 Å². The highest BCUT2D eigenvalue weighted by Crippen LogP contribution is 2.27. The lowest BCUT2D eigenvalue weighted by Crippen LogP contribution is -2.42. The maximum absolute atomic E-state index is 12.7. The van der Waals surface area contributed by atoms with Gasteiger partial charge in [-0.1, -0.05) is 30.3 Å². The van der Waals surface area contributed by atoms with Crippen LogP contribution in [0.1, 0.15) is 42.4 Å². The molecule has 2 aromatic rings. The van der Waals surface area contributed by atoms with Crippen molar-refractivity contribution in [3.63, 3.8) is 0 Å². The van der Waals surface area contributed by atoms with Crippen LogP contribution in [0.3, 0.4) is 0 Å². The minimum Gasteiger partial charge on any atom is -0.333 e. The molecule has 0 unspecified atom stereocenters. The fraction of sp³-hybridized carbons (Fsp3) is 0.421. The summed E-state index contributed by atoms with van der Waals surface area (Å²) < 4.78 is 0. The Morgan fingerprint density at radius 3 is 2.79 bits per heavy atom. The van der Waals surface area contributed by atoms with Gasteiger partial charge in [-0.05, 0) is 25.8 Å². The molecule has 5 nitrogen and oxygen atoms in total. The van der Waals surface area contributed by atoms with Crippen molar-refractivity contribution in [1.82, 2.24) is 19.8 Å².